The zero-order chi connectivity index (χ0) is 18.8. The van der Waals surface area contributed by atoms with Crippen molar-refractivity contribution in [2.75, 3.05) is 18.2 Å². The topological polar surface area (TPSA) is 108 Å². The van der Waals surface area contributed by atoms with E-state index in [1.807, 2.05) is 24.3 Å². The molecule has 3 aromatic rings. The largest absolute Gasteiger partial charge is 0.497 e. The number of carbonyl (C=O) groups is 1. The van der Waals surface area contributed by atoms with Gasteiger partial charge in [-0.1, -0.05) is 12.1 Å². The fourth-order valence-electron chi connectivity index (χ4n) is 2.77. The van der Waals surface area contributed by atoms with Crippen LogP contribution < -0.4 is 15.8 Å². The molecule has 1 aliphatic carbocycles. The van der Waals surface area contributed by atoms with Crippen molar-refractivity contribution >= 4 is 17.5 Å². The number of hydrogen-bond donors (Lipinski definition) is 2. The molecule has 0 unspecified atom stereocenters. The molecule has 3 N–H and O–H groups in total. The maximum Gasteiger partial charge on any atom is 0.262 e. The van der Waals surface area contributed by atoms with Crippen LogP contribution in [0.3, 0.4) is 0 Å². The molecule has 4 rings (SSSR count). The maximum absolute atomic E-state index is 12.6. The fourth-order valence-corrected chi connectivity index (χ4v) is 2.77. The van der Waals surface area contributed by atoms with E-state index >= 15 is 0 Å². The van der Waals surface area contributed by atoms with Gasteiger partial charge in [0.25, 0.3) is 5.91 Å². The number of aromatic nitrogens is 4. The number of hydrogen-bond acceptors (Lipinski definition) is 6. The minimum absolute atomic E-state index is 0.200. The lowest BCUT2D eigenvalue weighted by atomic mass is 10.2. The van der Waals surface area contributed by atoms with E-state index in [0.29, 0.717) is 24.1 Å². The summed E-state index contributed by atoms with van der Waals surface area (Å²) in [6.45, 7) is 0.513. The minimum atomic E-state index is -0.355. The van der Waals surface area contributed by atoms with Gasteiger partial charge in [-0.2, -0.15) is 5.10 Å². The number of methoxy groups -OCH3 is 1. The summed E-state index contributed by atoms with van der Waals surface area (Å²) in [5, 5.41) is 7.11. The molecule has 1 fully saturated rings. The summed E-state index contributed by atoms with van der Waals surface area (Å²) < 4.78 is 6.87. The molecule has 1 amide bonds. The van der Waals surface area contributed by atoms with Crippen molar-refractivity contribution in [3.05, 3.63) is 59.7 Å². The van der Waals surface area contributed by atoms with Gasteiger partial charge in [-0.15, -0.1) is 0 Å². The molecular formula is C19H20N6O2. The molecule has 138 valence electrons. The molecule has 0 spiro atoms. The summed E-state index contributed by atoms with van der Waals surface area (Å²) in [5.41, 5.74) is 7.25. The van der Waals surface area contributed by atoms with E-state index in [4.69, 9.17) is 10.5 Å². The summed E-state index contributed by atoms with van der Waals surface area (Å²) in [7, 11) is 1.63. The normalized spacial score (nSPS) is 13.4. The van der Waals surface area contributed by atoms with Crippen molar-refractivity contribution < 1.29 is 9.53 Å². The quantitative estimate of drug-likeness (QED) is 0.695. The van der Waals surface area contributed by atoms with E-state index in [1.165, 1.54) is 6.20 Å². The molecule has 0 radical (unpaired) electrons. The highest BCUT2D eigenvalue weighted by molar-refractivity contribution is 6.06. The average Bonchev–Trinajstić information content (AvgIpc) is 3.44. The van der Waals surface area contributed by atoms with Gasteiger partial charge in [-0.25, -0.2) is 14.6 Å². The summed E-state index contributed by atoms with van der Waals surface area (Å²) in [6.07, 6.45) is 5.29. The predicted molar refractivity (Wildman–Crippen MR) is 101 cm³/mol. The number of ether oxygens (including phenoxy) is 1. The summed E-state index contributed by atoms with van der Waals surface area (Å²) in [5.74, 6) is 2.31. The second-order valence-electron chi connectivity index (χ2n) is 6.48. The Morgan fingerprint density at radius 3 is 2.74 bits per heavy atom. The Kier molecular flexibility index (Phi) is 4.45. The van der Waals surface area contributed by atoms with Gasteiger partial charge >= 0.3 is 0 Å². The van der Waals surface area contributed by atoms with Crippen molar-refractivity contribution in [3.8, 4) is 5.75 Å². The SMILES string of the molecule is COc1ccc(Cn2nccc2NC(=O)c2cnc(C3CC3)nc2N)cc1. The van der Waals surface area contributed by atoms with E-state index in [1.54, 1.807) is 24.1 Å². The van der Waals surface area contributed by atoms with Gasteiger partial charge in [0.05, 0.1) is 19.9 Å². The van der Waals surface area contributed by atoms with Gasteiger partial charge in [0.15, 0.2) is 0 Å². The number of nitrogens with one attached hydrogen (secondary N) is 1. The van der Waals surface area contributed by atoms with E-state index in [9.17, 15) is 4.79 Å². The zero-order valence-corrected chi connectivity index (χ0v) is 14.9. The lowest BCUT2D eigenvalue weighted by molar-refractivity contribution is 0.102. The van der Waals surface area contributed by atoms with Crippen LogP contribution in [0.15, 0.2) is 42.7 Å². The summed E-state index contributed by atoms with van der Waals surface area (Å²) in [4.78, 5) is 21.1. The number of nitrogens with two attached hydrogens (primary N) is 1. The monoisotopic (exact) mass is 364 g/mol. The highest BCUT2D eigenvalue weighted by atomic mass is 16.5. The first-order valence-corrected chi connectivity index (χ1v) is 8.72. The van der Waals surface area contributed by atoms with Gasteiger partial charge in [0.1, 0.15) is 28.8 Å². The standard InChI is InChI=1S/C19H20N6O2/c1-27-14-6-2-12(3-7-14)11-25-16(8-9-22-25)23-19(26)15-10-21-18(13-4-5-13)24-17(15)20/h2-3,6-10,13H,4-5,11H2,1H3,(H,23,26)(H2,20,21,24). The Labute approximate surface area is 156 Å². The molecule has 27 heavy (non-hydrogen) atoms. The van der Waals surface area contributed by atoms with E-state index in [0.717, 1.165) is 24.2 Å². The molecule has 1 aliphatic rings. The lowest BCUT2D eigenvalue weighted by Crippen LogP contribution is -2.19. The van der Waals surface area contributed by atoms with Gasteiger partial charge in [0, 0.05) is 18.2 Å². The highest BCUT2D eigenvalue weighted by Gasteiger charge is 2.27. The van der Waals surface area contributed by atoms with Crippen LogP contribution in [0.5, 0.6) is 5.75 Å². The van der Waals surface area contributed by atoms with Crippen molar-refractivity contribution in [2.24, 2.45) is 0 Å². The van der Waals surface area contributed by atoms with Crippen LogP contribution in [0.25, 0.3) is 0 Å². The van der Waals surface area contributed by atoms with Crippen LogP contribution in [-0.2, 0) is 6.54 Å². The second-order valence-corrected chi connectivity index (χ2v) is 6.48. The molecule has 1 aromatic carbocycles. The number of nitrogens with zero attached hydrogens (tertiary/aromatic N) is 4. The van der Waals surface area contributed by atoms with Crippen LogP contribution in [-0.4, -0.2) is 32.8 Å². The Balaban J connectivity index is 1.48. The minimum Gasteiger partial charge on any atom is -0.497 e. The van der Waals surface area contributed by atoms with E-state index < -0.39 is 0 Å². The van der Waals surface area contributed by atoms with Crippen LogP contribution in [0.1, 0.15) is 40.5 Å². The van der Waals surface area contributed by atoms with Gasteiger partial charge in [0.2, 0.25) is 0 Å². The first kappa shape index (κ1) is 17.0. The van der Waals surface area contributed by atoms with E-state index in [-0.39, 0.29) is 17.3 Å². The molecule has 8 heteroatoms. The van der Waals surface area contributed by atoms with E-state index in [2.05, 4.69) is 20.4 Å². The third-order valence-electron chi connectivity index (χ3n) is 4.47. The Morgan fingerprint density at radius 1 is 1.30 bits per heavy atom. The first-order chi connectivity index (χ1) is 13.1. The second kappa shape index (κ2) is 7.06. The fraction of sp³-hybridized carbons (Fsp3) is 0.263. The van der Waals surface area contributed by atoms with Crippen LogP contribution in [0.2, 0.25) is 0 Å². The zero-order valence-electron chi connectivity index (χ0n) is 14.9. The first-order valence-electron chi connectivity index (χ1n) is 8.72. The molecule has 8 nitrogen and oxygen atoms in total. The summed E-state index contributed by atoms with van der Waals surface area (Å²) >= 11 is 0. The number of nitrogen functional groups attached to an aromatic ring is 1. The van der Waals surface area contributed by atoms with Gasteiger partial charge in [-0.3, -0.25) is 4.79 Å². The average molecular weight is 364 g/mol. The van der Waals surface area contributed by atoms with Crippen molar-refractivity contribution in [3.63, 3.8) is 0 Å². The third-order valence-corrected chi connectivity index (χ3v) is 4.47. The van der Waals surface area contributed by atoms with Crippen LogP contribution in [0.4, 0.5) is 11.6 Å². The molecular weight excluding hydrogens is 344 g/mol. The smallest absolute Gasteiger partial charge is 0.262 e. The Hall–Kier alpha value is -3.42. The molecule has 0 atom stereocenters. The van der Waals surface area contributed by atoms with Crippen LogP contribution >= 0.6 is 0 Å². The third kappa shape index (κ3) is 3.74. The van der Waals surface area contributed by atoms with Crippen LogP contribution in [0, 0.1) is 0 Å². The van der Waals surface area contributed by atoms with Gasteiger partial charge < -0.3 is 15.8 Å². The number of amides is 1. The molecule has 1 saturated carbocycles. The van der Waals surface area contributed by atoms with Crippen molar-refractivity contribution in [1.29, 1.82) is 0 Å². The maximum atomic E-state index is 12.6. The predicted octanol–water partition coefficient (Wildman–Crippen LogP) is 2.44. The molecule has 0 saturated heterocycles. The lowest BCUT2D eigenvalue weighted by Gasteiger charge is -2.11. The molecule has 0 aliphatic heterocycles. The number of benzene rings is 1. The van der Waals surface area contributed by atoms with Gasteiger partial charge in [-0.05, 0) is 30.5 Å². The number of anilines is 2. The van der Waals surface area contributed by atoms with Crippen molar-refractivity contribution in [1.82, 2.24) is 19.7 Å². The Bertz CT molecular complexity index is 963. The molecule has 0 bridgehead atoms. The Morgan fingerprint density at radius 2 is 2.07 bits per heavy atom. The summed E-state index contributed by atoms with van der Waals surface area (Å²) in [6, 6.07) is 9.41. The van der Waals surface area contributed by atoms with Crippen molar-refractivity contribution in [2.45, 2.75) is 25.3 Å². The number of rotatable bonds is 6. The molecule has 2 heterocycles. The highest BCUT2D eigenvalue weighted by Crippen LogP contribution is 2.38. The molecule has 2 aromatic heterocycles. The number of carbonyl (C=O) groups excluding carboxylic acids is 1.